The summed E-state index contributed by atoms with van der Waals surface area (Å²) in [5.41, 5.74) is 0. The van der Waals surface area contributed by atoms with E-state index in [-0.39, 0.29) is 0 Å². The van der Waals surface area contributed by atoms with Crippen LogP contribution in [-0.2, 0) is 0 Å². The second kappa shape index (κ2) is 5.10. The summed E-state index contributed by atoms with van der Waals surface area (Å²) in [6, 6.07) is 1.94. The lowest BCUT2D eigenvalue weighted by molar-refractivity contribution is 0.429. The summed E-state index contributed by atoms with van der Waals surface area (Å²) in [6.45, 7) is 3.00. The summed E-state index contributed by atoms with van der Waals surface area (Å²) in [4.78, 5) is 8.96. The van der Waals surface area contributed by atoms with Gasteiger partial charge in [0.2, 0.25) is 0 Å². The Bertz CT molecular complexity index is 305. The van der Waals surface area contributed by atoms with Crippen molar-refractivity contribution in [2.24, 2.45) is 0 Å². The van der Waals surface area contributed by atoms with Crippen LogP contribution in [0.1, 0.15) is 50.8 Å². The Morgan fingerprint density at radius 3 is 2.87 bits per heavy atom. The minimum Gasteiger partial charge on any atom is -0.370 e. The van der Waals surface area contributed by atoms with E-state index in [0.717, 1.165) is 18.2 Å². The summed E-state index contributed by atoms with van der Waals surface area (Å²) in [7, 11) is 0. The molecule has 1 aliphatic rings. The molecule has 3 nitrogen and oxygen atoms in total. The molecule has 1 N–H and O–H groups in total. The molecule has 2 rings (SSSR count). The fourth-order valence-corrected chi connectivity index (χ4v) is 2.21. The Hall–Kier alpha value is -1.12. The summed E-state index contributed by atoms with van der Waals surface area (Å²) < 4.78 is 0. The molecule has 15 heavy (non-hydrogen) atoms. The van der Waals surface area contributed by atoms with Crippen molar-refractivity contribution in [3.8, 4) is 0 Å². The molecular weight excluding hydrogens is 186 g/mol. The van der Waals surface area contributed by atoms with Crippen LogP contribution in [0, 0.1) is 0 Å². The van der Waals surface area contributed by atoms with Gasteiger partial charge in [-0.15, -0.1) is 0 Å². The maximum Gasteiger partial charge on any atom is 0.133 e. The Labute approximate surface area is 91.3 Å². The van der Waals surface area contributed by atoms with E-state index in [0.29, 0.717) is 5.92 Å². The number of hydrogen-bond acceptors (Lipinski definition) is 3. The highest BCUT2D eigenvalue weighted by atomic mass is 15.0. The van der Waals surface area contributed by atoms with Gasteiger partial charge in [0.15, 0.2) is 0 Å². The zero-order valence-corrected chi connectivity index (χ0v) is 9.37. The number of nitrogens with zero attached hydrogens (tertiary/aromatic N) is 2. The predicted octanol–water partition coefficient (Wildman–Crippen LogP) is 2.96. The van der Waals surface area contributed by atoms with Gasteiger partial charge in [0.25, 0.3) is 0 Å². The molecule has 1 aromatic rings. The van der Waals surface area contributed by atoms with E-state index < -0.39 is 0 Å². The molecule has 1 heterocycles. The van der Waals surface area contributed by atoms with Crippen LogP contribution in [0.3, 0.4) is 0 Å². The molecule has 1 aliphatic carbocycles. The predicted molar refractivity (Wildman–Crippen MR) is 62.0 cm³/mol. The highest BCUT2D eigenvalue weighted by Gasteiger charge is 2.17. The lowest BCUT2D eigenvalue weighted by Crippen LogP contribution is -2.10. The van der Waals surface area contributed by atoms with Crippen molar-refractivity contribution in [2.75, 3.05) is 11.9 Å². The first-order valence-corrected chi connectivity index (χ1v) is 5.97. The molecule has 0 bridgehead atoms. The number of anilines is 1. The van der Waals surface area contributed by atoms with Crippen molar-refractivity contribution in [2.45, 2.75) is 44.9 Å². The van der Waals surface area contributed by atoms with Crippen LogP contribution in [0.2, 0.25) is 0 Å². The Balaban J connectivity index is 2.09. The zero-order valence-electron chi connectivity index (χ0n) is 9.37. The third kappa shape index (κ3) is 2.67. The van der Waals surface area contributed by atoms with Crippen LogP contribution in [0.4, 0.5) is 5.82 Å². The highest BCUT2D eigenvalue weighted by Crippen LogP contribution is 2.30. The molecule has 82 valence electrons. The van der Waals surface area contributed by atoms with Gasteiger partial charge in [-0.1, -0.05) is 19.3 Å². The van der Waals surface area contributed by atoms with Gasteiger partial charge in [0.1, 0.15) is 11.6 Å². The fraction of sp³-hybridized carbons (Fsp3) is 0.667. The molecule has 0 spiro atoms. The SMILES string of the molecule is CCNc1ccnc(C2CCCCC2)n1. The number of aromatic nitrogens is 2. The molecule has 0 unspecified atom stereocenters. The van der Waals surface area contributed by atoms with E-state index >= 15 is 0 Å². The number of rotatable bonds is 3. The van der Waals surface area contributed by atoms with Gasteiger partial charge in [0.05, 0.1) is 0 Å². The van der Waals surface area contributed by atoms with Crippen molar-refractivity contribution in [1.82, 2.24) is 9.97 Å². The first-order chi connectivity index (χ1) is 7.40. The van der Waals surface area contributed by atoms with Gasteiger partial charge in [-0.2, -0.15) is 0 Å². The Morgan fingerprint density at radius 1 is 1.33 bits per heavy atom. The van der Waals surface area contributed by atoms with Crippen LogP contribution in [0.5, 0.6) is 0 Å². The molecule has 1 fully saturated rings. The van der Waals surface area contributed by atoms with Crippen molar-refractivity contribution >= 4 is 5.82 Å². The first-order valence-electron chi connectivity index (χ1n) is 5.97. The Morgan fingerprint density at radius 2 is 2.13 bits per heavy atom. The molecule has 3 heteroatoms. The minimum atomic E-state index is 0.595. The lowest BCUT2D eigenvalue weighted by Gasteiger charge is -2.20. The molecule has 0 atom stereocenters. The van der Waals surface area contributed by atoms with Crippen LogP contribution in [0.25, 0.3) is 0 Å². The average molecular weight is 205 g/mol. The lowest BCUT2D eigenvalue weighted by atomic mass is 9.89. The summed E-state index contributed by atoms with van der Waals surface area (Å²) >= 11 is 0. The van der Waals surface area contributed by atoms with E-state index in [9.17, 15) is 0 Å². The molecule has 0 radical (unpaired) electrons. The van der Waals surface area contributed by atoms with E-state index in [1.54, 1.807) is 0 Å². The van der Waals surface area contributed by atoms with Crippen molar-refractivity contribution in [3.05, 3.63) is 18.1 Å². The Kier molecular flexibility index (Phi) is 3.54. The van der Waals surface area contributed by atoms with Gasteiger partial charge in [-0.05, 0) is 25.8 Å². The monoisotopic (exact) mass is 205 g/mol. The fourth-order valence-electron chi connectivity index (χ4n) is 2.21. The van der Waals surface area contributed by atoms with Crippen LogP contribution < -0.4 is 5.32 Å². The van der Waals surface area contributed by atoms with E-state index in [1.165, 1.54) is 32.1 Å². The smallest absolute Gasteiger partial charge is 0.133 e. The molecule has 0 aliphatic heterocycles. The molecule has 1 aromatic heterocycles. The van der Waals surface area contributed by atoms with E-state index in [1.807, 2.05) is 12.3 Å². The normalized spacial score (nSPS) is 17.7. The van der Waals surface area contributed by atoms with Gasteiger partial charge in [-0.25, -0.2) is 9.97 Å². The average Bonchev–Trinajstić information content (AvgIpc) is 2.31. The third-order valence-corrected chi connectivity index (χ3v) is 3.00. The van der Waals surface area contributed by atoms with Crippen molar-refractivity contribution in [1.29, 1.82) is 0 Å². The standard InChI is InChI=1S/C12H19N3/c1-2-13-11-8-9-14-12(15-11)10-6-4-3-5-7-10/h8-10H,2-7H2,1H3,(H,13,14,15). The molecule has 0 aromatic carbocycles. The largest absolute Gasteiger partial charge is 0.370 e. The topological polar surface area (TPSA) is 37.8 Å². The van der Waals surface area contributed by atoms with Crippen molar-refractivity contribution < 1.29 is 0 Å². The summed E-state index contributed by atoms with van der Waals surface area (Å²) in [5, 5.41) is 3.24. The van der Waals surface area contributed by atoms with Gasteiger partial charge in [0, 0.05) is 18.7 Å². The molecular formula is C12H19N3. The zero-order chi connectivity index (χ0) is 10.5. The maximum absolute atomic E-state index is 4.56. The minimum absolute atomic E-state index is 0.595. The molecule has 1 saturated carbocycles. The van der Waals surface area contributed by atoms with Gasteiger partial charge >= 0.3 is 0 Å². The van der Waals surface area contributed by atoms with Gasteiger partial charge < -0.3 is 5.32 Å². The first kappa shape index (κ1) is 10.4. The second-order valence-corrected chi connectivity index (χ2v) is 4.17. The highest BCUT2D eigenvalue weighted by molar-refractivity contribution is 5.33. The van der Waals surface area contributed by atoms with Crippen LogP contribution in [0.15, 0.2) is 12.3 Å². The summed E-state index contributed by atoms with van der Waals surface area (Å²) in [5.74, 6) is 2.60. The molecule has 0 saturated heterocycles. The maximum atomic E-state index is 4.56. The number of nitrogens with one attached hydrogen (secondary N) is 1. The van der Waals surface area contributed by atoms with Crippen LogP contribution in [-0.4, -0.2) is 16.5 Å². The van der Waals surface area contributed by atoms with E-state index in [4.69, 9.17) is 0 Å². The molecule has 0 amide bonds. The quantitative estimate of drug-likeness (QED) is 0.824. The summed E-state index contributed by atoms with van der Waals surface area (Å²) in [6.07, 6.45) is 8.43. The van der Waals surface area contributed by atoms with E-state index in [2.05, 4.69) is 22.2 Å². The van der Waals surface area contributed by atoms with Gasteiger partial charge in [-0.3, -0.25) is 0 Å². The third-order valence-electron chi connectivity index (χ3n) is 3.00. The van der Waals surface area contributed by atoms with Crippen LogP contribution >= 0.6 is 0 Å². The van der Waals surface area contributed by atoms with Crippen molar-refractivity contribution in [3.63, 3.8) is 0 Å². The number of hydrogen-bond donors (Lipinski definition) is 1. The second-order valence-electron chi connectivity index (χ2n) is 4.17.